The third-order valence-electron chi connectivity index (χ3n) is 0.337. The van der Waals surface area contributed by atoms with E-state index in [2.05, 4.69) is 0 Å². The van der Waals surface area contributed by atoms with Gasteiger partial charge in [-0.3, -0.25) is 14.9 Å². The second-order valence-corrected chi connectivity index (χ2v) is 0.912. The first-order chi connectivity index (χ1) is 3.66. The van der Waals surface area contributed by atoms with Crippen molar-refractivity contribution >= 4 is 18.3 Å². The molecule has 5 heteroatoms. The van der Waals surface area contributed by atoms with Gasteiger partial charge >= 0.3 is 6.09 Å². The van der Waals surface area contributed by atoms with Crippen LogP contribution in [0.3, 0.4) is 0 Å². The van der Waals surface area contributed by atoms with Gasteiger partial charge in [-0.25, -0.2) is 4.79 Å². The SMILES string of the molecule is O=CC(=O)NC(=O)O. The number of rotatable bonds is 1. The number of aldehydes is 1. The van der Waals surface area contributed by atoms with Gasteiger partial charge in [-0.2, -0.15) is 0 Å². The van der Waals surface area contributed by atoms with E-state index in [9.17, 15) is 14.4 Å². The van der Waals surface area contributed by atoms with Gasteiger partial charge in [0.15, 0.2) is 0 Å². The van der Waals surface area contributed by atoms with Gasteiger partial charge in [0.2, 0.25) is 6.29 Å². The molecule has 0 atom stereocenters. The summed E-state index contributed by atoms with van der Waals surface area (Å²) in [7, 11) is 0. The van der Waals surface area contributed by atoms with E-state index in [4.69, 9.17) is 5.11 Å². The minimum absolute atomic E-state index is 0.117. The van der Waals surface area contributed by atoms with Crippen LogP contribution in [0.1, 0.15) is 0 Å². The number of carbonyl (C=O) groups is 3. The standard InChI is InChI=1S/C3H3NO4/c5-1-2(6)4-3(7)8/h1H,(H,4,6)(H,7,8). The van der Waals surface area contributed by atoms with E-state index in [1.165, 1.54) is 5.32 Å². The molecule has 2 amide bonds. The molecule has 0 aromatic rings. The highest BCUT2D eigenvalue weighted by Gasteiger charge is 2.00. The van der Waals surface area contributed by atoms with Crippen molar-refractivity contribution in [1.29, 1.82) is 0 Å². The number of hydrogen-bond acceptors (Lipinski definition) is 3. The minimum Gasteiger partial charge on any atom is -0.465 e. The topological polar surface area (TPSA) is 83.5 Å². The van der Waals surface area contributed by atoms with E-state index in [-0.39, 0.29) is 6.29 Å². The lowest BCUT2D eigenvalue weighted by Gasteiger charge is -1.85. The zero-order valence-corrected chi connectivity index (χ0v) is 3.75. The van der Waals surface area contributed by atoms with Gasteiger partial charge in [-0.15, -0.1) is 0 Å². The third-order valence-corrected chi connectivity index (χ3v) is 0.337. The van der Waals surface area contributed by atoms with Crippen LogP contribution in [0.15, 0.2) is 0 Å². The molecule has 0 unspecified atom stereocenters. The maximum atomic E-state index is 9.76. The lowest BCUT2D eigenvalue weighted by Crippen LogP contribution is -2.29. The molecular weight excluding hydrogens is 114 g/mol. The van der Waals surface area contributed by atoms with Crippen LogP contribution in [-0.2, 0) is 9.59 Å². The predicted octanol–water partition coefficient (Wildman–Crippen LogP) is -1.02. The lowest BCUT2D eigenvalue weighted by atomic mass is 10.7. The zero-order valence-electron chi connectivity index (χ0n) is 3.75. The average molecular weight is 117 g/mol. The summed E-state index contributed by atoms with van der Waals surface area (Å²) in [6, 6.07) is 0. The van der Waals surface area contributed by atoms with E-state index < -0.39 is 12.0 Å². The van der Waals surface area contributed by atoms with Crippen LogP contribution in [0.4, 0.5) is 4.79 Å². The fourth-order valence-electron chi connectivity index (χ4n) is 0.135. The molecule has 0 saturated carbocycles. The summed E-state index contributed by atoms with van der Waals surface area (Å²) < 4.78 is 0. The Kier molecular flexibility index (Phi) is 2.25. The summed E-state index contributed by atoms with van der Waals surface area (Å²) in [6.07, 6.45) is -1.64. The van der Waals surface area contributed by atoms with Crippen LogP contribution in [0.5, 0.6) is 0 Å². The number of imide groups is 1. The number of nitrogens with one attached hydrogen (secondary N) is 1. The van der Waals surface area contributed by atoms with Gasteiger partial charge in [-0.05, 0) is 0 Å². The molecule has 0 saturated heterocycles. The summed E-state index contributed by atoms with van der Waals surface area (Å²) in [5.41, 5.74) is 0. The second-order valence-electron chi connectivity index (χ2n) is 0.912. The molecular formula is C3H3NO4. The maximum absolute atomic E-state index is 9.76. The third kappa shape index (κ3) is 2.83. The fourth-order valence-corrected chi connectivity index (χ4v) is 0.135. The normalized spacial score (nSPS) is 7.50. The van der Waals surface area contributed by atoms with Crippen molar-refractivity contribution in [3.63, 3.8) is 0 Å². The molecule has 0 aliphatic heterocycles. The number of carboxylic acid groups (broad SMARTS) is 1. The molecule has 2 N–H and O–H groups in total. The smallest absolute Gasteiger partial charge is 0.411 e. The van der Waals surface area contributed by atoms with E-state index in [0.717, 1.165) is 0 Å². The van der Waals surface area contributed by atoms with E-state index in [1.54, 1.807) is 0 Å². The van der Waals surface area contributed by atoms with Crippen LogP contribution in [0.25, 0.3) is 0 Å². The first-order valence-corrected chi connectivity index (χ1v) is 1.66. The molecule has 0 aliphatic carbocycles. The Hall–Kier alpha value is -1.39. The highest BCUT2D eigenvalue weighted by molar-refractivity contribution is 6.26. The molecule has 0 spiro atoms. The molecule has 8 heavy (non-hydrogen) atoms. The Morgan fingerprint density at radius 1 is 1.50 bits per heavy atom. The van der Waals surface area contributed by atoms with Crippen LogP contribution in [0, 0.1) is 0 Å². The summed E-state index contributed by atoms with van der Waals surface area (Å²) in [6.45, 7) is 0. The highest BCUT2D eigenvalue weighted by Crippen LogP contribution is 1.57. The fraction of sp³-hybridized carbons (Fsp3) is 0. The average Bonchev–Trinajstić information content (AvgIpc) is 1.65. The quantitative estimate of drug-likeness (QED) is 0.340. The highest BCUT2D eigenvalue weighted by atomic mass is 16.4. The van der Waals surface area contributed by atoms with Crippen molar-refractivity contribution in [3.8, 4) is 0 Å². The van der Waals surface area contributed by atoms with E-state index in [0.29, 0.717) is 0 Å². The maximum Gasteiger partial charge on any atom is 0.411 e. The Morgan fingerprint density at radius 3 is 2.12 bits per heavy atom. The molecule has 0 heterocycles. The van der Waals surface area contributed by atoms with Gasteiger partial charge in [0, 0.05) is 0 Å². The van der Waals surface area contributed by atoms with E-state index >= 15 is 0 Å². The molecule has 0 fully saturated rings. The Morgan fingerprint density at radius 2 is 2.00 bits per heavy atom. The largest absolute Gasteiger partial charge is 0.465 e. The molecule has 5 nitrogen and oxygen atoms in total. The minimum atomic E-state index is -1.53. The van der Waals surface area contributed by atoms with Gasteiger partial charge < -0.3 is 5.11 Å². The molecule has 0 radical (unpaired) electrons. The Bertz CT molecular complexity index is 129. The molecule has 0 bridgehead atoms. The van der Waals surface area contributed by atoms with Gasteiger partial charge in [0.05, 0.1) is 0 Å². The van der Waals surface area contributed by atoms with Crippen molar-refractivity contribution < 1.29 is 19.5 Å². The molecule has 0 aromatic heterocycles. The zero-order chi connectivity index (χ0) is 6.57. The Balaban J connectivity index is 3.55. The van der Waals surface area contributed by atoms with Crippen LogP contribution < -0.4 is 5.32 Å². The van der Waals surface area contributed by atoms with Crippen LogP contribution >= 0.6 is 0 Å². The monoisotopic (exact) mass is 117 g/mol. The number of carbonyl (C=O) groups excluding carboxylic acids is 2. The lowest BCUT2D eigenvalue weighted by molar-refractivity contribution is -0.130. The van der Waals surface area contributed by atoms with Crippen LogP contribution in [0.2, 0.25) is 0 Å². The van der Waals surface area contributed by atoms with Gasteiger partial charge in [0.25, 0.3) is 5.91 Å². The second kappa shape index (κ2) is 2.73. The van der Waals surface area contributed by atoms with Gasteiger partial charge in [-0.1, -0.05) is 0 Å². The molecule has 44 valence electrons. The summed E-state index contributed by atoms with van der Waals surface area (Å²) in [5, 5.41) is 9.03. The van der Waals surface area contributed by atoms with Crippen molar-refractivity contribution in [1.82, 2.24) is 5.32 Å². The first kappa shape index (κ1) is 6.61. The summed E-state index contributed by atoms with van der Waals surface area (Å²) in [5.74, 6) is -1.16. The molecule has 0 rings (SSSR count). The molecule has 0 aromatic carbocycles. The summed E-state index contributed by atoms with van der Waals surface area (Å²) >= 11 is 0. The van der Waals surface area contributed by atoms with Crippen molar-refractivity contribution in [2.45, 2.75) is 0 Å². The Labute approximate surface area is 44.3 Å². The first-order valence-electron chi connectivity index (χ1n) is 1.66. The number of amides is 2. The van der Waals surface area contributed by atoms with Crippen LogP contribution in [-0.4, -0.2) is 23.4 Å². The van der Waals surface area contributed by atoms with E-state index in [1.807, 2.05) is 0 Å². The summed E-state index contributed by atoms with van der Waals surface area (Å²) in [4.78, 5) is 28.6. The van der Waals surface area contributed by atoms with Crippen molar-refractivity contribution in [2.75, 3.05) is 0 Å². The van der Waals surface area contributed by atoms with Crippen molar-refractivity contribution in [3.05, 3.63) is 0 Å². The predicted molar refractivity (Wildman–Crippen MR) is 22.2 cm³/mol. The molecule has 0 aliphatic rings. The van der Waals surface area contributed by atoms with Crippen molar-refractivity contribution in [2.24, 2.45) is 0 Å². The van der Waals surface area contributed by atoms with Gasteiger partial charge in [0.1, 0.15) is 0 Å². The number of hydrogen-bond donors (Lipinski definition) is 2.